The summed E-state index contributed by atoms with van der Waals surface area (Å²) in [7, 11) is 0. The van der Waals surface area contributed by atoms with Gasteiger partial charge in [0.2, 0.25) is 5.91 Å². The van der Waals surface area contributed by atoms with Crippen LogP contribution in [-0.4, -0.2) is 10.9 Å². The number of carbonyl (C=O) groups is 1. The molecule has 0 saturated heterocycles. The fraction of sp³-hybridized carbons (Fsp3) is 0.182. The second-order valence-corrected chi connectivity index (χ2v) is 6.32. The van der Waals surface area contributed by atoms with Gasteiger partial charge in [-0.2, -0.15) is 0 Å². The van der Waals surface area contributed by atoms with Gasteiger partial charge in [-0.25, -0.2) is 0 Å². The molecule has 0 fully saturated rings. The van der Waals surface area contributed by atoms with E-state index in [1.54, 1.807) is 6.20 Å². The summed E-state index contributed by atoms with van der Waals surface area (Å²) in [5.74, 6) is -0.367. The first kappa shape index (κ1) is 17.7. The van der Waals surface area contributed by atoms with Crippen LogP contribution in [0.3, 0.4) is 0 Å². The van der Waals surface area contributed by atoms with E-state index in [-0.39, 0.29) is 17.9 Å². The first-order valence-corrected chi connectivity index (χ1v) is 8.77. The molecule has 4 heteroatoms. The number of amides is 1. The second-order valence-electron chi connectivity index (χ2n) is 6.32. The maximum atomic E-state index is 12.4. The molecule has 4 nitrogen and oxygen atoms in total. The van der Waals surface area contributed by atoms with Gasteiger partial charge < -0.3 is 10.6 Å². The van der Waals surface area contributed by atoms with E-state index >= 15 is 0 Å². The fourth-order valence-corrected chi connectivity index (χ4v) is 2.74. The minimum absolute atomic E-state index is 0.0675. The summed E-state index contributed by atoms with van der Waals surface area (Å²) in [4.78, 5) is 16.6. The van der Waals surface area contributed by atoms with Crippen LogP contribution >= 0.6 is 0 Å². The van der Waals surface area contributed by atoms with Crippen molar-refractivity contribution in [3.05, 3.63) is 90.3 Å². The summed E-state index contributed by atoms with van der Waals surface area (Å²) >= 11 is 0. The Labute approximate surface area is 154 Å². The number of hydrogen-bond acceptors (Lipinski definition) is 3. The van der Waals surface area contributed by atoms with E-state index < -0.39 is 0 Å². The number of pyridine rings is 1. The van der Waals surface area contributed by atoms with Gasteiger partial charge in [0, 0.05) is 23.6 Å². The highest BCUT2D eigenvalue weighted by atomic mass is 16.1. The molecule has 2 atom stereocenters. The van der Waals surface area contributed by atoms with Crippen molar-refractivity contribution >= 4 is 17.3 Å². The van der Waals surface area contributed by atoms with Gasteiger partial charge in [-0.3, -0.25) is 9.78 Å². The number of aromatic nitrogens is 1. The number of rotatable bonds is 6. The lowest BCUT2D eigenvalue weighted by Crippen LogP contribution is -2.19. The standard InChI is InChI=1S/C22H23N3O/c1-16(21-10-6-7-15-23-21)22(26)25-20-13-11-19(12-14-20)24-17(2)18-8-4-3-5-9-18/h3-17,24H,1-2H3,(H,25,26)/t16-,17-/m0/s1. The van der Waals surface area contributed by atoms with Crippen molar-refractivity contribution in [2.45, 2.75) is 25.8 Å². The van der Waals surface area contributed by atoms with E-state index in [9.17, 15) is 4.79 Å². The normalized spacial score (nSPS) is 12.8. The molecule has 0 aliphatic rings. The smallest absolute Gasteiger partial charge is 0.233 e. The largest absolute Gasteiger partial charge is 0.379 e. The first-order chi connectivity index (χ1) is 12.6. The summed E-state index contributed by atoms with van der Waals surface area (Å²) in [5.41, 5.74) is 3.78. The number of benzene rings is 2. The third-order valence-corrected chi connectivity index (χ3v) is 4.36. The average molecular weight is 345 g/mol. The van der Waals surface area contributed by atoms with Crippen molar-refractivity contribution in [3.63, 3.8) is 0 Å². The Balaban J connectivity index is 1.60. The van der Waals surface area contributed by atoms with Crippen LogP contribution in [0.5, 0.6) is 0 Å². The zero-order valence-corrected chi connectivity index (χ0v) is 15.0. The molecule has 2 aromatic carbocycles. The van der Waals surface area contributed by atoms with E-state index in [2.05, 4.69) is 34.7 Å². The SMILES string of the molecule is C[C@H](Nc1ccc(NC(=O)[C@@H](C)c2ccccn2)cc1)c1ccccc1. The summed E-state index contributed by atoms with van der Waals surface area (Å²) < 4.78 is 0. The third kappa shape index (κ3) is 4.48. The lowest BCUT2D eigenvalue weighted by Gasteiger charge is -2.16. The number of nitrogens with zero attached hydrogens (tertiary/aromatic N) is 1. The summed E-state index contributed by atoms with van der Waals surface area (Å²) in [6.07, 6.45) is 1.70. The van der Waals surface area contributed by atoms with Crippen LogP contribution in [0.25, 0.3) is 0 Å². The van der Waals surface area contributed by atoms with Crippen molar-refractivity contribution in [2.24, 2.45) is 0 Å². The number of nitrogens with one attached hydrogen (secondary N) is 2. The van der Waals surface area contributed by atoms with Crippen LogP contribution in [-0.2, 0) is 4.79 Å². The molecule has 0 bridgehead atoms. The molecule has 1 amide bonds. The molecule has 132 valence electrons. The number of anilines is 2. The zero-order valence-electron chi connectivity index (χ0n) is 15.0. The van der Waals surface area contributed by atoms with Crippen LogP contribution in [0.15, 0.2) is 79.0 Å². The topological polar surface area (TPSA) is 54.0 Å². The van der Waals surface area contributed by atoms with Crippen molar-refractivity contribution in [1.82, 2.24) is 4.98 Å². The minimum Gasteiger partial charge on any atom is -0.379 e. The predicted octanol–water partition coefficient (Wildman–Crippen LogP) is 5.00. The van der Waals surface area contributed by atoms with E-state index in [0.29, 0.717) is 0 Å². The number of hydrogen-bond donors (Lipinski definition) is 2. The third-order valence-electron chi connectivity index (χ3n) is 4.36. The molecule has 0 radical (unpaired) electrons. The molecule has 3 rings (SSSR count). The second kappa shape index (κ2) is 8.30. The van der Waals surface area contributed by atoms with E-state index in [1.165, 1.54) is 5.56 Å². The first-order valence-electron chi connectivity index (χ1n) is 8.77. The molecule has 0 unspecified atom stereocenters. The minimum atomic E-state index is -0.299. The van der Waals surface area contributed by atoms with Crippen LogP contribution in [0, 0.1) is 0 Å². The van der Waals surface area contributed by atoms with Crippen LogP contribution < -0.4 is 10.6 Å². The average Bonchev–Trinajstić information content (AvgIpc) is 2.70. The highest BCUT2D eigenvalue weighted by Crippen LogP contribution is 2.21. The predicted molar refractivity (Wildman–Crippen MR) is 106 cm³/mol. The molecule has 1 aromatic heterocycles. The maximum absolute atomic E-state index is 12.4. The van der Waals surface area contributed by atoms with Crippen LogP contribution in [0.2, 0.25) is 0 Å². The van der Waals surface area contributed by atoms with Crippen LogP contribution in [0.1, 0.15) is 37.1 Å². The Kier molecular flexibility index (Phi) is 5.64. The fourth-order valence-electron chi connectivity index (χ4n) is 2.74. The molecule has 0 aliphatic carbocycles. The van der Waals surface area contributed by atoms with Crippen LogP contribution in [0.4, 0.5) is 11.4 Å². The molecular weight excluding hydrogens is 322 g/mol. The van der Waals surface area contributed by atoms with Gasteiger partial charge in [-0.1, -0.05) is 36.4 Å². The molecule has 0 saturated carbocycles. The van der Waals surface area contributed by atoms with E-state index in [0.717, 1.165) is 17.1 Å². The lowest BCUT2D eigenvalue weighted by atomic mass is 10.1. The zero-order chi connectivity index (χ0) is 18.4. The van der Waals surface area contributed by atoms with Gasteiger partial charge in [0.05, 0.1) is 11.6 Å². The van der Waals surface area contributed by atoms with Crippen molar-refractivity contribution in [1.29, 1.82) is 0 Å². The Hall–Kier alpha value is -3.14. The Morgan fingerprint density at radius 1 is 0.846 bits per heavy atom. The summed E-state index contributed by atoms with van der Waals surface area (Å²) in [6, 6.07) is 23.9. The van der Waals surface area contributed by atoms with Gasteiger partial charge in [0.25, 0.3) is 0 Å². The van der Waals surface area contributed by atoms with Gasteiger partial charge in [0.1, 0.15) is 0 Å². The monoisotopic (exact) mass is 345 g/mol. The van der Waals surface area contributed by atoms with Gasteiger partial charge >= 0.3 is 0 Å². The maximum Gasteiger partial charge on any atom is 0.233 e. The summed E-state index contributed by atoms with van der Waals surface area (Å²) in [6.45, 7) is 3.98. The molecule has 3 aromatic rings. The van der Waals surface area contributed by atoms with Gasteiger partial charge in [0.15, 0.2) is 0 Å². The van der Waals surface area contributed by atoms with Gasteiger partial charge in [-0.05, 0) is 55.8 Å². The Morgan fingerprint density at radius 3 is 2.15 bits per heavy atom. The number of carbonyl (C=O) groups excluding carboxylic acids is 1. The lowest BCUT2D eigenvalue weighted by molar-refractivity contribution is -0.117. The van der Waals surface area contributed by atoms with E-state index in [4.69, 9.17) is 0 Å². The Morgan fingerprint density at radius 2 is 1.50 bits per heavy atom. The van der Waals surface area contributed by atoms with Crippen molar-refractivity contribution < 1.29 is 4.79 Å². The molecule has 26 heavy (non-hydrogen) atoms. The highest BCUT2D eigenvalue weighted by molar-refractivity contribution is 5.95. The van der Waals surface area contributed by atoms with Gasteiger partial charge in [-0.15, -0.1) is 0 Å². The molecular formula is C22H23N3O. The molecule has 0 spiro atoms. The molecule has 2 N–H and O–H groups in total. The highest BCUT2D eigenvalue weighted by Gasteiger charge is 2.16. The molecule has 1 heterocycles. The van der Waals surface area contributed by atoms with Crippen molar-refractivity contribution in [3.8, 4) is 0 Å². The summed E-state index contributed by atoms with van der Waals surface area (Å²) in [5, 5.41) is 6.41. The molecule has 0 aliphatic heterocycles. The Bertz CT molecular complexity index is 832. The van der Waals surface area contributed by atoms with E-state index in [1.807, 2.05) is 67.6 Å². The quantitative estimate of drug-likeness (QED) is 0.661. The van der Waals surface area contributed by atoms with Crippen molar-refractivity contribution in [2.75, 3.05) is 10.6 Å².